The maximum Gasteiger partial charge on any atom is 0.238 e. The molecule has 0 spiro atoms. The first-order valence-corrected chi connectivity index (χ1v) is 7.32. The molecule has 1 fully saturated rings. The van der Waals surface area contributed by atoms with Gasteiger partial charge in [0, 0.05) is 16.8 Å². The molecule has 3 nitrogen and oxygen atoms in total. The quantitative estimate of drug-likeness (QED) is 0.886. The first kappa shape index (κ1) is 14.4. The number of hydrogen-bond donors (Lipinski definition) is 2. The number of amides is 1. The number of benzene rings is 1. The molecule has 104 valence electrons. The number of hydrogen-bond acceptors (Lipinski definition) is 2. The van der Waals surface area contributed by atoms with Crippen molar-refractivity contribution in [3.05, 3.63) is 28.8 Å². The van der Waals surface area contributed by atoms with Crippen LogP contribution in [0.25, 0.3) is 0 Å². The summed E-state index contributed by atoms with van der Waals surface area (Å²) >= 11 is 5.89. The molecular formula is C15H21ClN2O. The van der Waals surface area contributed by atoms with Gasteiger partial charge in [-0.2, -0.15) is 0 Å². The average molecular weight is 281 g/mol. The third-order valence-electron chi connectivity index (χ3n) is 3.62. The zero-order chi connectivity index (χ0) is 13.7. The van der Waals surface area contributed by atoms with Crippen molar-refractivity contribution in [2.24, 2.45) is 0 Å². The van der Waals surface area contributed by atoms with Crippen LogP contribution in [0.2, 0.25) is 5.02 Å². The standard InChI is InChI=1S/C15H21ClN2O/c1-11-9-12(16)7-8-14(11)18-15(19)10-17-13-5-3-2-4-6-13/h7-9,13,17H,2-6,10H2,1H3,(H,18,19). The van der Waals surface area contributed by atoms with Crippen LogP contribution in [-0.2, 0) is 4.79 Å². The Bertz CT molecular complexity index is 442. The van der Waals surface area contributed by atoms with Gasteiger partial charge >= 0.3 is 0 Å². The van der Waals surface area contributed by atoms with E-state index in [0.717, 1.165) is 11.3 Å². The van der Waals surface area contributed by atoms with Crippen LogP contribution in [0.5, 0.6) is 0 Å². The lowest BCUT2D eigenvalue weighted by atomic mass is 9.95. The zero-order valence-corrected chi connectivity index (χ0v) is 12.1. The molecule has 0 atom stereocenters. The first-order chi connectivity index (χ1) is 9.15. The number of rotatable bonds is 4. The van der Waals surface area contributed by atoms with Gasteiger partial charge in [-0.05, 0) is 43.5 Å². The van der Waals surface area contributed by atoms with Gasteiger partial charge in [0.15, 0.2) is 0 Å². The van der Waals surface area contributed by atoms with Crippen molar-refractivity contribution in [3.8, 4) is 0 Å². The summed E-state index contributed by atoms with van der Waals surface area (Å²) in [6.07, 6.45) is 6.25. The molecule has 1 aromatic rings. The fourth-order valence-electron chi connectivity index (χ4n) is 2.51. The van der Waals surface area contributed by atoms with E-state index in [1.54, 1.807) is 6.07 Å². The third kappa shape index (κ3) is 4.51. The van der Waals surface area contributed by atoms with E-state index in [9.17, 15) is 4.79 Å². The monoisotopic (exact) mass is 280 g/mol. The molecule has 2 N–H and O–H groups in total. The van der Waals surface area contributed by atoms with Crippen molar-refractivity contribution in [2.45, 2.75) is 45.1 Å². The van der Waals surface area contributed by atoms with Crippen LogP contribution in [0, 0.1) is 6.92 Å². The Balaban J connectivity index is 1.80. The summed E-state index contributed by atoms with van der Waals surface area (Å²) in [7, 11) is 0. The van der Waals surface area contributed by atoms with E-state index in [1.807, 2.05) is 19.1 Å². The highest BCUT2D eigenvalue weighted by molar-refractivity contribution is 6.30. The predicted octanol–water partition coefficient (Wildman–Crippen LogP) is 3.51. The highest BCUT2D eigenvalue weighted by atomic mass is 35.5. The van der Waals surface area contributed by atoms with Crippen molar-refractivity contribution in [1.82, 2.24) is 5.32 Å². The highest BCUT2D eigenvalue weighted by Gasteiger charge is 2.14. The molecule has 1 aliphatic rings. The first-order valence-electron chi connectivity index (χ1n) is 6.94. The van der Waals surface area contributed by atoms with Crippen LogP contribution < -0.4 is 10.6 Å². The minimum absolute atomic E-state index is 0.0102. The van der Waals surface area contributed by atoms with Crippen molar-refractivity contribution in [1.29, 1.82) is 0 Å². The van der Waals surface area contributed by atoms with Gasteiger partial charge in [-0.3, -0.25) is 4.79 Å². The molecule has 19 heavy (non-hydrogen) atoms. The van der Waals surface area contributed by atoms with Crippen LogP contribution in [0.15, 0.2) is 18.2 Å². The Kier molecular flexibility index (Phi) is 5.23. The third-order valence-corrected chi connectivity index (χ3v) is 3.85. The summed E-state index contributed by atoms with van der Waals surface area (Å²) in [5.41, 5.74) is 1.82. The van der Waals surface area contributed by atoms with Crippen molar-refractivity contribution in [2.75, 3.05) is 11.9 Å². The van der Waals surface area contributed by atoms with E-state index in [-0.39, 0.29) is 5.91 Å². The van der Waals surface area contributed by atoms with Crippen molar-refractivity contribution < 1.29 is 4.79 Å². The maximum atomic E-state index is 11.9. The lowest BCUT2D eigenvalue weighted by molar-refractivity contribution is -0.115. The van der Waals surface area contributed by atoms with Crippen LogP contribution in [-0.4, -0.2) is 18.5 Å². The van der Waals surface area contributed by atoms with Gasteiger partial charge in [-0.25, -0.2) is 0 Å². The van der Waals surface area contributed by atoms with E-state index in [0.29, 0.717) is 17.6 Å². The van der Waals surface area contributed by atoms with E-state index in [4.69, 9.17) is 11.6 Å². The summed E-state index contributed by atoms with van der Waals surface area (Å²) < 4.78 is 0. The molecule has 0 saturated heterocycles. The molecule has 0 heterocycles. The lowest BCUT2D eigenvalue weighted by Gasteiger charge is -2.22. The molecule has 0 radical (unpaired) electrons. The average Bonchev–Trinajstić information content (AvgIpc) is 2.41. The molecule has 2 rings (SSSR count). The van der Waals surface area contributed by atoms with E-state index in [1.165, 1.54) is 32.1 Å². The van der Waals surface area contributed by atoms with Gasteiger partial charge < -0.3 is 10.6 Å². The fourth-order valence-corrected chi connectivity index (χ4v) is 2.73. The second kappa shape index (κ2) is 6.92. The van der Waals surface area contributed by atoms with E-state index >= 15 is 0 Å². The molecule has 0 aromatic heterocycles. The van der Waals surface area contributed by atoms with Crippen molar-refractivity contribution in [3.63, 3.8) is 0 Å². The highest BCUT2D eigenvalue weighted by Crippen LogP contribution is 2.20. The molecule has 1 amide bonds. The Labute approximate surface area is 119 Å². The lowest BCUT2D eigenvalue weighted by Crippen LogP contribution is -2.37. The van der Waals surface area contributed by atoms with Gasteiger partial charge in [-0.15, -0.1) is 0 Å². The summed E-state index contributed by atoms with van der Waals surface area (Å²) in [5.74, 6) is 0.0102. The van der Waals surface area contributed by atoms with E-state index in [2.05, 4.69) is 10.6 Å². The molecule has 0 aliphatic heterocycles. The molecule has 0 unspecified atom stereocenters. The number of anilines is 1. The number of aryl methyl sites for hydroxylation is 1. The summed E-state index contributed by atoms with van der Waals surface area (Å²) in [6, 6.07) is 5.99. The second-order valence-electron chi connectivity index (χ2n) is 5.22. The number of nitrogens with one attached hydrogen (secondary N) is 2. The fraction of sp³-hybridized carbons (Fsp3) is 0.533. The van der Waals surface area contributed by atoms with Gasteiger partial charge in [-0.1, -0.05) is 30.9 Å². The summed E-state index contributed by atoms with van der Waals surface area (Å²) in [4.78, 5) is 11.9. The Morgan fingerprint density at radius 2 is 2.05 bits per heavy atom. The molecule has 4 heteroatoms. The van der Waals surface area contributed by atoms with Crippen molar-refractivity contribution >= 4 is 23.2 Å². The Morgan fingerprint density at radius 3 is 2.74 bits per heavy atom. The van der Waals surface area contributed by atoms with Crippen LogP contribution in [0.4, 0.5) is 5.69 Å². The Hall–Kier alpha value is -1.06. The van der Waals surface area contributed by atoms with Crippen LogP contribution >= 0.6 is 11.6 Å². The zero-order valence-electron chi connectivity index (χ0n) is 11.3. The summed E-state index contributed by atoms with van der Waals surface area (Å²) in [6.45, 7) is 2.32. The molecule has 1 aromatic carbocycles. The molecular weight excluding hydrogens is 260 g/mol. The minimum atomic E-state index is 0.0102. The number of carbonyl (C=O) groups is 1. The largest absolute Gasteiger partial charge is 0.325 e. The summed E-state index contributed by atoms with van der Waals surface area (Å²) in [5, 5.41) is 6.94. The smallest absolute Gasteiger partial charge is 0.238 e. The van der Waals surface area contributed by atoms with Crippen LogP contribution in [0.3, 0.4) is 0 Å². The number of halogens is 1. The predicted molar refractivity (Wildman–Crippen MR) is 79.7 cm³/mol. The number of carbonyl (C=O) groups excluding carboxylic acids is 1. The molecule has 0 bridgehead atoms. The normalized spacial score (nSPS) is 16.3. The molecule has 1 saturated carbocycles. The van der Waals surface area contributed by atoms with Gasteiger partial charge in [0.1, 0.15) is 0 Å². The second-order valence-corrected chi connectivity index (χ2v) is 5.66. The maximum absolute atomic E-state index is 11.9. The Morgan fingerprint density at radius 1 is 1.32 bits per heavy atom. The van der Waals surface area contributed by atoms with Gasteiger partial charge in [0.25, 0.3) is 0 Å². The minimum Gasteiger partial charge on any atom is -0.325 e. The van der Waals surface area contributed by atoms with Gasteiger partial charge in [0.2, 0.25) is 5.91 Å². The molecule has 1 aliphatic carbocycles. The van der Waals surface area contributed by atoms with E-state index < -0.39 is 0 Å². The van der Waals surface area contributed by atoms with Gasteiger partial charge in [0.05, 0.1) is 6.54 Å². The SMILES string of the molecule is Cc1cc(Cl)ccc1NC(=O)CNC1CCCCC1. The van der Waals surface area contributed by atoms with Crippen LogP contribution in [0.1, 0.15) is 37.7 Å². The topological polar surface area (TPSA) is 41.1 Å².